The Morgan fingerprint density at radius 2 is 2.38 bits per heavy atom. The molecule has 66 valence electrons. The molecule has 0 aliphatic carbocycles. The van der Waals surface area contributed by atoms with Gasteiger partial charge in [-0.1, -0.05) is 0 Å². The smallest absolute Gasteiger partial charge is 0.255 e. The molecule has 1 N–H and O–H groups in total. The zero-order valence-corrected chi connectivity index (χ0v) is 7.28. The van der Waals surface area contributed by atoms with Crippen molar-refractivity contribution in [2.24, 2.45) is 0 Å². The Labute approximate surface area is 74.8 Å². The lowest BCUT2D eigenvalue weighted by atomic mass is 10.2. The molecule has 0 radical (unpaired) electrons. The van der Waals surface area contributed by atoms with Gasteiger partial charge < -0.3 is 5.32 Å². The van der Waals surface area contributed by atoms with Gasteiger partial charge in [0.1, 0.15) is 6.33 Å². The van der Waals surface area contributed by atoms with E-state index in [0.29, 0.717) is 5.78 Å². The maximum Gasteiger partial charge on any atom is 0.255 e. The van der Waals surface area contributed by atoms with Crippen LogP contribution in [-0.4, -0.2) is 19.6 Å². The molecule has 3 rings (SSSR count). The van der Waals surface area contributed by atoms with Crippen LogP contribution in [0.1, 0.15) is 17.0 Å². The molecule has 2 aromatic heterocycles. The summed E-state index contributed by atoms with van der Waals surface area (Å²) >= 11 is 0. The molecule has 0 bridgehead atoms. The van der Waals surface area contributed by atoms with Crippen LogP contribution in [0.3, 0.4) is 0 Å². The summed E-state index contributed by atoms with van der Waals surface area (Å²) in [4.78, 5) is 4.36. The Balaban J connectivity index is 2.48. The molecule has 0 aromatic carbocycles. The molecule has 0 amide bonds. The minimum atomic E-state index is 0.694. The summed E-state index contributed by atoms with van der Waals surface area (Å²) in [6, 6.07) is 0. The third-order valence-electron chi connectivity index (χ3n) is 2.47. The van der Waals surface area contributed by atoms with Gasteiger partial charge in [-0.2, -0.15) is 0 Å². The molecule has 1 aliphatic heterocycles. The lowest BCUT2D eigenvalue weighted by molar-refractivity contribution is 0.752. The van der Waals surface area contributed by atoms with E-state index >= 15 is 0 Å². The van der Waals surface area contributed by atoms with Crippen molar-refractivity contribution in [3.63, 3.8) is 0 Å². The average molecular weight is 175 g/mol. The van der Waals surface area contributed by atoms with Crippen molar-refractivity contribution in [2.75, 3.05) is 0 Å². The van der Waals surface area contributed by atoms with Gasteiger partial charge in [0.05, 0.1) is 0 Å². The minimum Gasteiger partial charge on any atom is -0.307 e. The SMILES string of the molecule is Cc1nc2nncn2c2c1CNC2. The predicted molar refractivity (Wildman–Crippen MR) is 46.1 cm³/mol. The molecule has 3 heterocycles. The van der Waals surface area contributed by atoms with E-state index in [1.165, 1.54) is 11.3 Å². The van der Waals surface area contributed by atoms with E-state index in [1.807, 2.05) is 11.3 Å². The van der Waals surface area contributed by atoms with Crippen LogP contribution < -0.4 is 5.32 Å². The van der Waals surface area contributed by atoms with Gasteiger partial charge >= 0.3 is 0 Å². The summed E-state index contributed by atoms with van der Waals surface area (Å²) in [7, 11) is 0. The quantitative estimate of drug-likeness (QED) is 0.614. The second kappa shape index (κ2) is 2.26. The first kappa shape index (κ1) is 6.97. The number of aromatic nitrogens is 4. The number of aryl methyl sites for hydroxylation is 1. The fraction of sp³-hybridized carbons (Fsp3) is 0.375. The molecule has 0 unspecified atom stereocenters. The second-order valence-electron chi connectivity index (χ2n) is 3.23. The van der Waals surface area contributed by atoms with Gasteiger partial charge in [0.2, 0.25) is 0 Å². The first-order valence-electron chi connectivity index (χ1n) is 4.25. The number of hydrogen-bond donors (Lipinski definition) is 1. The zero-order chi connectivity index (χ0) is 8.84. The third-order valence-corrected chi connectivity index (χ3v) is 2.47. The van der Waals surface area contributed by atoms with Crippen LogP contribution in [0.25, 0.3) is 5.78 Å². The molecule has 0 saturated carbocycles. The molecular formula is C8H9N5. The molecule has 0 spiro atoms. The van der Waals surface area contributed by atoms with Gasteiger partial charge in [-0.3, -0.25) is 4.40 Å². The molecule has 1 aliphatic rings. The monoisotopic (exact) mass is 175 g/mol. The fourth-order valence-corrected chi connectivity index (χ4v) is 1.79. The molecule has 5 heteroatoms. The third kappa shape index (κ3) is 0.818. The predicted octanol–water partition coefficient (Wildman–Crippen LogP) is 0.0359. The van der Waals surface area contributed by atoms with E-state index in [1.54, 1.807) is 6.33 Å². The van der Waals surface area contributed by atoms with Crippen molar-refractivity contribution < 1.29 is 0 Å². The summed E-state index contributed by atoms with van der Waals surface area (Å²) in [6.07, 6.45) is 1.72. The van der Waals surface area contributed by atoms with Gasteiger partial charge in [-0.25, -0.2) is 4.98 Å². The number of nitrogens with zero attached hydrogens (tertiary/aromatic N) is 4. The van der Waals surface area contributed by atoms with E-state index < -0.39 is 0 Å². The Morgan fingerprint density at radius 3 is 3.31 bits per heavy atom. The van der Waals surface area contributed by atoms with Crippen molar-refractivity contribution in [1.82, 2.24) is 24.9 Å². The molecule has 5 nitrogen and oxygen atoms in total. The van der Waals surface area contributed by atoms with E-state index in [-0.39, 0.29) is 0 Å². The van der Waals surface area contributed by atoms with Gasteiger partial charge in [-0.15, -0.1) is 10.2 Å². The Kier molecular flexibility index (Phi) is 1.21. The lowest BCUT2D eigenvalue weighted by Gasteiger charge is -2.03. The Bertz CT molecular complexity index is 473. The van der Waals surface area contributed by atoms with E-state index in [0.717, 1.165) is 18.8 Å². The lowest BCUT2D eigenvalue weighted by Crippen LogP contribution is -2.02. The highest BCUT2D eigenvalue weighted by Gasteiger charge is 2.17. The zero-order valence-electron chi connectivity index (χ0n) is 7.28. The van der Waals surface area contributed by atoms with Crippen LogP contribution in [0.2, 0.25) is 0 Å². The second-order valence-corrected chi connectivity index (χ2v) is 3.23. The van der Waals surface area contributed by atoms with Crippen molar-refractivity contribution in [1.29, 1.82) is 0 Å². The van der Waals surface area contributed by atoms with Crippen molar-refractivity contribution >= 4 is 5.78 Å². The molecular weight excluding hydrogens is 166 g/mol. The van der Waals surface area contributed by atoms with E-state index in [2.05, 4.69) is 20.5 Å². The maximum atomic E-state index is 4.36. The van der Waals surface area contributed by atoms with Gasteiger partial charge in [-0.05, 0) is 6.92 Å². The van der Waals surface area contributed by atoms with Crippen LogP contribution in [0.4, 0.5) is 0 Å². The highest BCUT2D eigenvalue weighted by molar-refractivity contribution is 5.38. The first-order valence-corrected chi connectivity index (χ1v) is 4.25. The molecule has 0 fully saturated rings. The number of rotatable bonds is 0. The van der Waals surface area contributed by atoms with E-state index in [4.69, 9.17) is 0 Å². The Hall–Kier alpha value is -1.49. The standard InChI is InChI=1S/C8H9N5/c1-5-6-2-9-3-7(6)13-4-10-12-8(13)11-5/h4,9H,2-3H2,1H3. The van der Waals surface area contributed by atoms with Crippen molar-refractivity contribution in [3.8, 4) is 0 Å². The topological polar surface area (TPSA) is 55.1 Å². The normalized spacial score (nSPS) is 15.2. The number of fused-ring (bicyclic) bond motifs is 3. The van der Waals surface area contributed by atoms with Crippen molar-refractivity contribution in [2.45, 2.75) is 20.0 Å². The highest BCUT2D eigenvalue weighted by Crippen LogP contribution is 2.18. The van der Waals surface area contributed by atoms with Crippen LogP contribution in [0, 0.1) is 6.92 Å². The van der Waals surface area contributed by atoms with Gasteiger partial charge in [0.15, 0.2) is 0 Å². The number of nitrogens with one attached hydrogen (secondary N) is 1. The van der Waals surface area contributed by atoms with Gasteiger partial charge in [0.25, 0.3) is 5.78 Å². The van der Waals surface area contributed by atoms with Gasteiger partial charge in [0, 0.05) is 30.0 Å². The largest absolute Gasteiger partial charge is 0.307 e. The average Bonchev–Trinajstić information content (AvgIpc) is 2.66. The van der Waals surface area contributed by atoms with Crippen molar-refractivity contribution in [3.05, 3.63) is 23.3 Å². The summed E-state index contributed by atoms with van der Waals surface area (Å²) in [6.45, 7) is 3.80. The molecule has 0 atom stereocenters. The van der Waals surface area contributed by atoms with Crippen LogP contribution in [0.15, 0.2) is 6.33 Å². The summed E-state index contributed by atoms with van der Waals surface area (Å²) < 4.78 is 1.95. The highest BCUT2D eigenvalue weighted by atomic mass is 15.3. The fourth-order valence-electron chi connectivity index (χ4n) is 1.79. The van der Waals surface area contributed by atoms with Crippen LogP contribution in [-0.2, 0) is 13.1 Å². The summed E-state index contributed by atoms with van der Waals surface area (Å²) in [5, 5.41) is 11.1. The molecule has 0 saturated heterocycles. The van der Waals surface area contributed by atoms with Crippen LogP contribution in [0.5, 0.6) is 0 Å². The van der Waals surface area contributed by atoms with Crippen LogP contribution >= 0.6 is 0 Å². The first-order chi connectivity index (χ1) is 6.36. The minimum absolute atomic E-state index is 0.694. The molecule has 13 heavy (non-hydrogen) atoms. The summed E-state index contributed by atoms with van der Waals surface area (Å²) in [5.41, 5.74) is 3.58. The number of hydrogen-bond acceptors (Lipinski definition) is 4. The van der Waals surface area contributed by atoms with E-state index in [9.17, 15) is 0 Å². The Morgan fingerprint density at radius 1 is 1.46 bits per heavy atom. The maximum absolute atomic E-state index is 4.36. The molecule has 2 aromatic rings. The summed E-state index contributed by atoms with van der Waals surface area (Å²) in [5.74, 6) is 0.694.